The maximum atomic E-state index is 12.7. The molecule has 0 N–H and O–H groups in total. The highest BCUT2D eigenvalue weighted by Gasteiger charge is 2.25. The van der Waals surface area contributed by atoms with Crippen molar-refractivity contribution < 1.29 is 38.2 Å². The molecule has 0 saturated heterocycles. The van der Waals surface area contributed by atoms with Gasteiger partial charge in [0.2, 0.25) is 0 Å². The van der Waals surface area contributed by atoms with Crippen LogP contribution in [0.3, 0.4) is 0 Å². The third kappa shape index (κ3) is 42.1. The van der Waals surface area contributed by atoms with Crippen LogP contribution >= 0.6 is 0 Å². The second-order valence-electron chi connectivity index (χ2n) is 17.7. The molecular weight excluding hydrogens is 775 g/mol. The lowest BCUT2D eigenvalue weighted by Crippen LogP contribution is -2.55. The average molecular weight is 868 g/mol. The van der Waals surface area contributed by atoms with E-state index in [-0.39, 0.29) is 49.1 Å². The van der Waals surface area contributed by atoms with Crippen LogP contribution < -0.4 is 5.11 Å². The summed E-state index contributed by atoms with van der Waals surface area (Å²) in [5.41, 5.74) is 0. The first-order valence-electron chi connectivity index (χ1n) is 25.0. The summed E-state index contributed by atoms with van der Waals surface area (Å²) < 4.78 is 17.2. The van der Waals surface area contributed by atoms with Crippen LogP contribution in [-0.4, -0.2) is 75.5 Å². The monoisotopic (exact) mass is 868 g/mol. The molecule has 0 spiro atoms. The number of nitrogens with zero attached hydrogens (tertiary/aromatic N) is 1. The number of carbonyl (C=O) groups excluding carboxylic acids is 3. The summed E-state index contributed by atoms with van der Waals surface area (Å²) >= 11 is 0. The van der Waals surface area contributed by atoms with Crippen LogP contribution in [-0.2, 0) is 28.6 Å². The Morgan fingerprint density at radius 3 is 1.39 bits per heavy atom. The van der Waals surface area contributed by atoms with Gasteiger partial charge in [-0.1, -0.05) is 177 Å². The van der Waals surface area contributed by atoms with Gasteiger partial charge in [0.25, 0.3) is 0 Å². The van der Waals surface area contributed by atoms with E-state index in [0.717, 1.165) is 57.8 Å². The molecule has 0 rings (SSSR count). The molecular formula is C54H93NO7. The van der Waals surface area contributed by atoms with Gasteiger partial charge in [-0.15, -0.1) is 0 Å². The smallest absolute Gasteiger partial charge is 0.306 e. The zero-order chi connectivity index (χ0) is 45.6. The molecule has 0 aliphatic rings. The molecule has 356 valence electrons. The Balaban J connectivity index is 4.32. The van der Waals surface area contributed by atoms with E-state index in [0.29, 0.717) is 12.8 Å². The van der Waals surface area contributed by atoms with Gasteiger partial charge in [0.1, 0.15) is 12.6 Å². The fourth-order valence-electron chi connectivity index (χ4n) is 6.98. The summed E-state index contributed by atoms with van der Waals surface area (Å²) in [6.45, 7) is 4.49. The number of likely N-dealkylation sites (N-methyl/N-ethyl adjacent to an activating group) is 1. The Morgan fingerprint density at radius 2 is 0.919 bits per heavy atom. The second kappa shape index (κ2) is 44.4. The minimum absolute atomic E-state index is 0.0174. The van der Waals surface area contributed by atoms with Crippen molar-refractivity contribution in [3.63, 3.8) is 0 Å². The number of carbonyl (C=O) groups is 3. The van der Waals surface area contributed by atoms with Crippen molar-refractivity contribution >= 4 is 17.9 Å². The molecule has 0 radical (unpaired) electrons. The van der Waals surface area contributed by atoms with Gasteiger partial charge >= 0.3 is 11.9 Å². The number of unbranched alkanes of at least 4 members (excludes halogenated alkanes) is 18. The summed E-state index contributed by atoms with van der Waals surface area (Å²) in [6.07, 6.45) is 56.5. The molecule has 0 bridgehead atoms. The fourth-order valence-corrected chi connectivity index (χ4v) is 6.98. The molecule has 0 aromatic carbocycles. The molecule has 62 heavy (non-hydrogen) atoms. The summed E-state index contributed by atoms with van der Waals surface area (Å²) in [5.74, 6) is -1.81. The van der Waals surface area contributed by atoms with Crippen LogP contribution in [0.1, 0.15) is 200 Å². The standard InChI is InChI=1S/C54H93NO7/c1-6-8-10-12-14-16-18-20-22-24-25-26-27-29-30-32-34-36-38-40-42-44-52(56)61-49-50(48-60-47-46-51(54(58)59)55(3,4)5)62-53(57)45-43-41-39-37-35-33-31-28-23-21-19-17-15-13-11-9-7-2/h8,10,14,16,20-23,31,33,37,39,50-51H,6-7,9,11-13,15,17-19,24-30,32,34-36,38,40-49H2,1-5H3/b10-8+,16-14+,22-20+,23-21+,33-31+,39-37+. The highest BCUT2D eigenvalue weighted by Crippen LogP contribution is 2.14. The molecule has 0 aromatic rings. The van der Waals surface area contributed by atoms with E-state index in [4.69, 9.17) is 14.2 Å². The topological polar surface area (TPSA) is 102 Å². The summed E-state index contributed by atoms with van der Waals surface area (Å²) in [4.78, 5) is 37.0. The number of esters is 2. The Bertz CT molecular complexity index is 1240. The van der Waals surface area contributed by atoms with E-state index < -0.39 is 18.1 Å². The first-order chi connectivity index (χ1) is 30.1. The quantitative estimate of drug-likeness (QED) is 0.0260. The van der Waals surface area contributed by atoms with E-state index in [9.17, 15) is 19.5 Å². The molecule has 0 heterocycles. The minimum atomic E-state index is -1.13. The van der Waals surface area contributed by atoms with Gasteiger partial charge in [0.05, 0.1) is 40.3 Å². The van der Waals surface area contributed by atoms with Crippen molar-refractivity contribution in [2.24, 2.45) is 0 Å². The van der Waals surface area contributed by atoms with E-state index >= 15 is 0 Å². The zero-order valence-corrected chi connectivity index (χ0v) is 40.5. The number of hydrogen-bond acceptors (Lipinski definition) is 7. The van der Waals surface area contributed by atoms with Crippen molar-refractivity contribution in [1.29, 1.82) is 0 Å². The average Bonchev–Trinajstić information content (AvgIpc) is 3.23. The molecule has 0 amide bonds. The molecule has 2 atom stereocenters. The van der Waals surface area contributed by atoms with Gasteiger partial charge in [-0.3, -0.25) is 9.59 Å². The van der Waals surface area contributed by atoms with Crippen LogP contribution in [0.5, 0.6) is 0 Å². The second-order valence-corrected chi connectivity index (χ2v) is 17.7. The Labute approximate surface area is 381 Å². The van der Waals surface area contributed by atoms with Gasteiger partial charge in [-0.2, -0.15) is 0 Å². The lowest BCUT2D eigenvalue weighted by atomic mass is 10.0. The van der Waals surface area contributed by atoms with Crippen LogP contribution in [0, 0.1) is 0 Å². The highest BCUT2D eigenvalue weighted by atomic mass is 16.6. The number of hydrogen-bond donors (Lipinski definition) is 0. The van der Waals surface area contributed by atoms with Crippen molar-refractivity contribution in [3.8, 4) is 0 Å². The van der Waals surface area contributed by atoms with E-state index in [1.54, 1.807) is 21.1 Å². The first-order valence-corrected chi connectivity index (χ1v) is 25.0. The lowest BCUT2D eigenvalue weighted by molar-refractivity contribution is -0.889. The normalized spacial score (nSPS) is 13.5. The van der Waals surface area contributed by atoms with Gasteiger partial charge in [-0.25, -0.2) is 0 Å². The van der Waals surface area contributed by atoms with E-state index in [1.165, 1.54) is 103 Å². The number of carboxylic acid groups (broad SMARTS) is 1. The molecule has 8 heteroatoms. The summed E-state index contributed by atoms with van der Waals surface area (Å²) in [5, 5.41) is 11.7. The van der Waals surface area contributed by atoms with Crippen molar-refractivity contribution in [2.45, 2.75) is 212 Å². The van der Waals surface area contributed by atoms with Crippen molar-refractivity contribution in [2.75, 3.05) is 41.0 Å². The number of rotatable bonds is 44. The molecule has 0 aromatic heterocycles. The van der Waals surface area contributed by atoms with Crippen LogP contribution in [0.2, 0.25) is 0 Å². The maximum absolute atomic E-state index is 12.7. The Kier molecular flexibility index (Phi) is 42.1. The number of quaternary nitrogens is 1. The maximum Gasteiger partial charge on any atom is 0.306 e. The van der Waals surface area contributed by atoms with Crippen molar-refractivity contribution in [1.82, 2.24) is 0 Å². The van der Waals surface area contributed by atoms with E-state index in [2.05, 4.69) is 86.8 Å². The lowest BCUT2D eigenvalue weighted by Gasteiger charge is -2.34. The third-order valence-electron chi connectivity index (χ3n) is 10.8. The SMILES string of the molecule is CC/C=C/C/C=C/C/C=C/CCCCCCCCCCCCCC(=O)OCC(COCCC(C(=O)[O-])[N+](C)(C)C)OC(=O)CCC/C=C/C/C=C/C/C=C/CCCCCCCC. The molecule has 0 aliphatic carbocycles. The summed E-state index contributed by atoms with van der Waals surface area (Å²) in [7, 11) is 5.39. The summed E-state index contributed by atoms with van der Waals surface area (Å²) in [6, 6.07) is -0.738. The van der Waals surface area contributed by atoms with Gasteiger partial charge in [0, 0.05) is 19.3 Å². The van der Waals surface area contributed by atoms with Crippen LogP contribution in [0.15, 0.2) is 72.9 Å². The molecule has 0 saturated carbocycles. The number of aliphatic carboxylic acids is 1. The molecule has 0 fully saturated rings. The minimum Gasteiger partial charge on any atom is -0.544 e. The number of ether oxygens (including phenoxy) is 3. The first kappa shape index (κ1) is 58.8. The molecule has 8 nitrogen and oxygen atoms in total. The third-order valence-corrected chi connectivity index (χ3v) is 10.8. The number of allylic oxidation sites excluding steroid dienone is 12. The van der Waals surface area contributed by atoms with E-state index in [1.807, 2.05) is 0 Å². The predicted molar refractivity (Wildman–Crippen MR) is 259 cm³/mol. The van der Waals surface area contributed by atoms with Crippen molar-refractivity contribution in [3.05, 3.63) is 72.9 Å². The fraction of sp³-hybridized carbons (Fsp3) is 0.722. The Hall–Kier alpha value is -3.23. The Morgan fingerprint density at radius 1 is 0.500 bits per heavy atom. The highest BCUT2D eigenvalue weighted by molar-refractivity contribution is 5.70. The van der Waals surface area contributed by atoms with Crippen LogP contribution in [0.4, 0.5) is 0 Å². The van der Waals surface area contributed by atoms with Gasteiger partial charge in [-0.05, 0) is 77.0 Å². The largest absolute Gasteiger partial charge is 0.544 e. The number of carboxylic acids is 1. The zero-order valence-electron chi connectivity index (χ0n) is 40.5. The predicted octanol–water partition coefficient (Wildman–Crippen LogP) is 13.0. The molecule has 2 unspecified atom stereocenters. The van der Waals surface area contributed by atoms with Gasteiger partial charge < -0.3 is 28.6 Å². The molecule has 0 aliphatic heterocycles. The van der Waals surface area contributed by atoms with Gasteiger partial charge in [0.15, 0.2) is 6.10 Å². The van der Waals surface area contributed by atoms with Crippen LogP contribution in [0.25, 0.3) is 0 Å².